The summed E-state index contributed by atoms with van der Waals surface area (Å²) in [5.41, 5.74) is 1.60. The zero-order valence-electron chi connectivity index (χ0n) is 13.6. The molecule has 25 heavy (non-hydrogen) atoms. The molecule has 0 aliphatic heterocycles. The molecule has 0 radical (unpaired) electrons. The van der Waals surface area contributed by atoms with E-state index in [0.29, 0.717) is 11.1 Å². The smallest absolute Gasteiger partial charge is 0.387 e. The van der Waals surface area contributed by atoms with Gasteiger partial charge in [0.05, 0.1) is 4.90 Å². The van der Waals surface area contributed by atoms with Gasteiger partial charge in [0.15, 0.2) is 9.84 Å². The maximum atomic E-state index is 12.3. The molecule has 0 atom stereocenters. The number of aryl methyl sites for hydroxylation is 1. The molecular formula is C17H17F2NO4S. The van der Waals surface area contributed by atoms with Gasteiger partial charge in [0.2, 0.25) is 0 Å². The predicted molar refractivity (Wildman–Crippen MR) is 88.5 cm³/mol. The standard InChI is InChI=1S/C17H17F2NO4S/c1-11-3-8-14(25(2,22)23)9-15(11)16(21)20-10-12-4-6-13(7-5-12)24-17(18)19/h3-9,17H,10H2,1-2H3,(H,20,21). The molecule has 0 aliphatic rings. The molecule has 2 aromatic rings. The third kappa shape index (κ3) is 5.25. The fourth-order valence-electron chi connectivity index (χ4n) is 2.14. The zero-order chi connectivity index (χ0) is 18.6. The van der Waals surface area contributed by atoms with E-state index in [2.05, 4.69) is 10.1 Å². The van der Waals surface area contributed by atoms with Crippen LogP contribution in [0.15, 0.2) is 47.4 Å². The topological polar surface area (TPSA) is 72.5 Å². The number of alkyl halides is 2. The van der Waals surface area contributed by atoms with Crippen LogP contribution in [0.1, 0.15) is 21.5 Å². The SMILES string of the molecule is Cc1ccc(S(C)(=O)=O)cc1C(=O)NCc1ccc(OC(F)F)cc1. The van der Waals surface area contributed by atoms with Crippen LogP contribution >= 0.6 is 0 Å². The van der Waals surface area contributed by atoms with Crippen molar-refractivity contribution in [1.82, 2.24) is 5.32 Å². The first-order valence-corrected chi connectivity index (χ1v) is 9.18. The minimum absolute atomic E-state index is 0.0294. The first kappa shape index (κ1) is 18.9. The predicted octanol–water partition coefficient (Wildman–Crippen LogP) is 2.93. The normalized spacial score (nSPS) is 11.4. The van der Waals surface area contributed by atoms with Crippen LogP contribution in [0.4, 0.5) is 8.78 Å². The molecule has 0 bridgehead atoms. The number of carbonyl (C=O) groups excluding carboxylic acids is 1. The molecule has 2 aromatic carbocycles. The highest BCUT2D eigenvalue weighted by atomic mass is 32.2. The Morgan fingerprint density at radius 2 is 1.80 bits per heavy atom. The third-order valence-corrected chi connectivity index (χ3v) is 4.59. The molecule has 2 rings (SSSR count). The fraction of sp³-hybridized carbons (Fsp3) is 0.235. The number of halogens is 2. The molecular weight excluding hydrogens is 352 g/mol. The van der Waals surface area contributed by atoms with Gasteiger partial charge in [-0.2, -0.15) is 8.78 Å². The highest BCUT2D eigenvalue weighted by Crippen LogP contribution is 2.17. The van der Waals surface area contributed by atoms with E-state index in [1.165, 1.54) is 24.3 Å². The van der Waals surface area contributed by atoms with Gasteiger partial charge < -0.3 is 10.1 Å². The average Bonchev–Trinajstić information content (AvgIpc) is 2.52. The Hall–Kier alpha value is -2.48. The van der Waals surface area contributed by atoms with Crippen molar-refractivity contribution in [2.75, 3.05) is 6.26 Å². The number of rotatable bonds is 6. The lowest BCUT2D eigenvalue weighted by molar-refractivity contribution is -0.0498. The van der Waals surface area contributed by atoms with Crippen molar-refractivity contribution >= 4 is 15.7 Å². The monoisotopic (exact) mass is 369 g/mol. The Balaban J connectivity index is 2.07. The Morgan fingerprint density at radius 3 is 2.36 bits per heavy atom. The average molecular weight is 369 g/mol. The second-order valence-electron chi connectivity index (χ2n) is 5.45. The summed E-state index contributed by atoms with van der Waals surface area (Å²) in [6.07, 6.45) is 1.07. The number of amides is 1. The zero-order valence-corrected chi connectivity index (χ0v) is 14.4. The molecule has 0 saturated heterocycles. The van der Waals surface area contributed by atoms with Crippen LogP contribution in [0.5, 0.6) is 5.75 Å². The quantitative estimate of drug-likeness (QED) is 0.850. The van der Waals surface area contributed by atoms with Crippen LogP contribution in [-0.4, -0.2) is 27.2 Å². The van der Waals surface area contributed by atoms with Crippen LogP contribution in [0.2, 0.25) is 0 Å². The number of nitrogens with one attached hydrogen (secondary N) is 1. The summed E-state index contributed by atoms with van der Waals surface area (Å²) in [7, 11) is -3.41. The molecule has 1 N–H and O–H groups in total. The molecule has 5 nitrogen and oxygen atoms in total. The van der Waals surface area contributed by atoms with Crippen molar-refractivity contribution in [2.24, 2.45) is 0 Å². The van der Waals surface area contributed by atoms with Gasteiger partial charge in [-0.15, -0.1) is 0 Å². The highest BCUT2D eigenvalue weighted by Gasteiger charge is 2.14. The van der Waals surface area contributed by atoms with Crippen LogP contribution in [0.3, 0.4) is 0 Å². The van der Waals surface area contributed by atoms with E-state index in [1.807, 2.05) is 0 Å². The lowest BCUT2D eigenvalue weighted by Crippen LogP contribution is -2.24. The van der Waals surface area contributed by atoms with Gasteiger partial charge in [-0.25, -0.2) is 8.42 Å². The summed E-state index contributed by atoms with van der Waals surface area (Å²) in [6.45, 7) is -1.02. The molecule has 0 heterocycles. The van der Waals surface area contributed by atoms with Gasteiger partial charge >= 0.3 is 6.61 Å². The van der Waals surface area contributed by atoms with Crippen LogP contribution in [-0.2, 0) is 16.4 Å². The van der Waals surface area contributed by atoms with E-state index in [0.717, 1.165) is 6.26 Å². The summed E-state index contributed by atoms with van der Waals surface area (Å²) < 4.78 is 51.7. The van der Waals surface area contributed by atoms with Gasteiger partial charge in [0.1, 0.15) is 5.75 Å². The molecule has 0 spiro atoms. The molecule has 0 fully saturated rings. The van der Waals surface area contributed by atoms with Crippen LogP contribution < -0.4 is 10.1 Å². The van der Waals surface area contributed by atoms with Crippen LogP contribution in [0.25, 0.3) is 0 Å². The van der Waals surface area contributed by atoms with E-state index in [1.54, 1.807) is 25.1 Å². The minimum atomic E-state index is -3.41. The van der Waals surface area contributed by atoms with Crippen molar-refractivity contribution in [3.63, 3.8) is 0 Å². The Labute approximate surface area is 144 Å². The Morgan fingerprint density at radius 1 is 1.16 bits per heavy atom. The summed E-state index contributed by atoms with van der Waals surface area (Å²) in [4.78, 5) is 12.4. The van der Waals surface area contributed by atoms with Crippen molar-refractivity contribution in [3.8, 4) is 5.75 Å². The number of ether oxygens (including phenoxy) is 1. The second-order valence-corrected chi connectivity index (χ2v) is 7.47. The fourth-order valence-corrected chi connectivity index (χ4v) is 2.79. The molecule has 0 aliphatic carbocycles. The Bertz CT molecular complexity index is 865. The van der Waals surface area contributed by atoms with Gasteiger partial charge in [0, 0.05) is 18.4 Å². The van der Waals surface area contributed by atoms with Crippen molar-refractivity contribution in [2.45, 2.75) is 25.0 Å². The molecule has 8 heteroatoms. The maximum Gasteiger partial charge on any atom is 0.387 e. The molecule has 0 unspecified atom stereocenters. The highest BCUT2D eigenvalue weighted by molar-refractivity contribution is 7.90. The molecule has 134 valence electrons. The summed E-state index contributed by atoms with van der Waals surface area (Å²) in [6, 6.07) is 10.2. The summed E-state index contributed by atoms with van der Waals surface area (Å²) >= 11 is 0. The van der Waals surface area contributed by atoms with E-state index in [-0.39, 0.29) is 22.8 Å². The van der Waals surface area contributed by atoms with Crippen molar-refractivity contribution in [1.29, 1.82) is 0 Å². The Kier molecular flexibility index (Phi) is 5.73. The van der Waals surface area contributed by atoms with Gasteiger partial charge in [0.25, 0.3) is 5.91 Å². The first-order valence-electron chi connectivity index (χ1n) is 7.29. The van der Waals surface area contributed by atoms with E-state index in [4.69, 9.17) is 0 Å². The van der Waals surface area contributed by atoms with E-state index >= 15 is 0 Å². The van der Waals surface area contributed by atoms with E-state index in [9.17, 15) is 22.0 Å². The molecule has 0 aromatic heterocycles. The largest absolute Gasteiger partial charge is 0.435 e. The van der Waals surface area contributed by atoms with E-state index < -0.39 is 22.4 Å². The number of hydrogen-bond donors (Lipinski definition) is 1. The van der Waals surface area contributed by atoms with Crippen LogP contribution in [0, 0.1) is 6.92 Å². The number of benzene rings is 2. The number of carbonyl (C=O) groups is 1. The third-order valence-electron chi connectivity index (χ3n) is 3.48. The first-order chi connectivity index (χ1) is 11.7. The van der Waals surface area contributed by atoms with Crippen molar-refractivity contribution < 1.29 is 26.7 Å². The number of sulfone groups is 1. The van der Waals surface area contributed by atoms with Gasteiger partial charge in [-0.1, -0.05) is 18.2 Å². The minimum Gasteiger partial charge on any atom is -0.435 e. The number of hydrogen-bond acceptors (Lipinski definition) is 4. The maximum absolute atomic E-state index is 12.3. The van der Waals surface area contributed by atoms with Crippen molar-refractivity contribution in [3.05, 3.63) is 59.2 Å². The van der Waals surface area contributed by atoms with Gasteiger partial charge in [-0.05, 0) is 42.3 Å². The summed E-state index contributed by atoms with van der Waals surface area (Å²) in [5, 5.41) is 2.67. The lowest BCUT2D eigenvalue weighted by Gasteiger charge is -2.10. The van der Waals surface area contributed by atoms with Gasteiger partial charge in [-0.3, -0.25) is 4.79 Å². The lowest BCUT2D eigenvalue weighted by atomic mass is 10.1. The molecule has 0 saturated carbocycles. The second kappa shape index (κ2) is 7.60. The summed E-state index contributed by atoms with van der Waals surface area (Å²) in [5.74, 6) is -0.391. The molecule has 1 amide bonds.